The molecule has 14 heavy (non-hydrogen) atoms. The maximum absolute atomic E-state index is 11.7. The largest absolute Gasteiger partial charge is 0.472 e. The van der Waals surface area contributed by atoms with Crippen LogP contribution in [0.25, 0.3) is 0 Å². The fraction of sp³-hybridized carbons (Fsp3) is 0. The number of hydrogen-bond acceptors (Lipinski definition) is 4. The maximum atomic E-state index is 11.7. The average Bonchev–Trinajstić information content (AvgIpc) is 2.70. The lowest BCUT2D eigenvalue weighted by Gasteiger charge is -2.00. The van der Waals surface area contributed by atoms with Gasteiger partial charge in [-0.15, -0.1) is 0 Å². The van der Waals surface area contributed by atoms with E-state index in [1.54, 1.807) is 24.4 Å². The zero-order valence-corrected chi connectivity index (χ0v) is 7.31. The number of carbonyl (C=O) groups excluding carboxylic acids is 1. The Morgan fingerprint density at radius 1 is 1.43 bits per heavy atom. The van der Waals surface area contributed by atoms with Gasteiger partial charge in [0.1, 0.15) is 12.1 Å². The van der Waals surface area contributed by atoms with Crippen LogP contribution in [0.2, 0.25) is 0 Å². The third-order valence-electron chi connectivity index (χ3n) is 1.87. The number of nitrogen functional groups attached to an aromatic ring is 1. The van der Waals surface area contributed by atoms with Gasteiger partial charge in [-0.25, -0.2) is 4.98 Å². The number of pyridine rings is 1. The van der Waals surface area contributed by atoms with Gasteiger partial charge in [0, 0.05) is 6.20 Å². The van der Waals surface area contributed by atoms with Crippen molar-refractivity contribution in [1.29, 1.82) is 0 Å². The molecule has 0 spiro atoms. The second kappa shape index (κ2) is 3.33. The second-order valence-electron chi connectivity index (χ2n) is 2.78. The molecule has 2 heterocycles. The molecule has 4 heteroatoms. The van der Waals surface area contributed by atoms with Crippen molar-refractivity contribution in [3.05, 3.63) is 48.0 Å². The highest BCUT2D eigenvalue weighted by molar-refractivity contribution is 6.11. The Bertz CT molecular complexity index is 449. The van der Waals surface area contributed by atoms with Gasteiger partial charge in [-0.3, -0.25) is 4.79 Å². The van der Waals surface area contributed by atoms with E-state index in [1.807, 2.05) is 0 Å². The van der Waals surface area contributed by atoms with Crippen molar-refractivity contribution in [1.82, 2.24) is 4.98 Å². The van der Waals surface area contributed by atoms with Gasteiger partial charge in [-0.05, 0) is 18.2 Å². The molecule has 0 bridgehead atoms. The molecule has 0 atom stereocenters. The third kappa shape index (κ3) is 1.37. The summed E-state index contributed by atoms with van der Waals surface area (Å²) in [5.41, 5.74) is 6.44. The van der Waals surface area contributed by atoms with E-state index in [0.29, 0.717) is 11.1 Å². The molecule has 0 aliphatic rings. The van der Waals surface area contributed by atoms with Gasteiger partial charge in [0.05, 0.1) is 17.4 Å². The molecule has 2 N–H and O–H groups in total. The molecule has 0 aromatic carbocycles. The Balaban J connectivity index is 2.42. The molecule has 0 aliphatic heterocycles. The number of nitrogens with two attached hydrogens (primary N) is 1. The zero-order chi connectivity index (χ0) is 9.97. The summed E-state index contributed by atoms with van der Waals surface area (Å²) in [6.45, 7) is 0. The molecule has 0 saturated carbocycles. The Hall–Kier alpha value is -2.10. The highest BCUT2D eigenvalue weighted by Crippen LogP contribution is 2.13. The number of carbonyl (C=O) groups is 1. The summed E-state index contributed by atoms with van der Waals surface area (Å²) in [7, 11) is 0. The molecular formula is C10H8N2O2. The van der Waals surface area contributed by atoms with Gasteiger partial charge >= 0.3 is 0 Å². The highest BCUT2D eigenvalue weighted by atomic mass is 16.3. The zero-order valence-electron chi connectivity index (χ0n) is 7.31. The molecule has 2 aromatic heterocycles. The van der Waals surface area contributed by atoms with E-state index in [1.165, 1.54) is 12.5 Å². The number of furan rings is 1. The van der Waals surface area contributed by atoms with Gasteiger partial charge in [0.15, 0.2) is 5.78 Å². The van der Waals surface area contributed by atoms with Crippen LogP contribution in [0, 0.1) is 0 Å². The monoisotopic (exact) mass is 188 g/mol. The predicted octanol–water partition coefficient (Wildman–Crippen LogP) is 1.49. The molecule has 0 unspecified atom stereocenters. The molecule has 0 saturated heterocycles. The van der Waals surface area contributed by atoms with Gasteiger partial charge in [0.2, 0.25) is 0 Å². The lowest BCUT2D eigenvalue weighted by molar-refractivity contribution is 0.103. The van der Waals surface area contributed by atoms with Crippen molar-refractivity contribution in [3.63, 3.8) is 0 Å². The van der Waals surface area contributed by atoms with Crippen LogP contribution in [0.4, 0.5) is 5.82 Å². The number of rotatable bonds is 2. The molecule has 2 aromatic rings. The molecule has 0 amide bonds. The van der Waals surface area contributed by atoms with Crippen LogP contribution >= 0.6 is 0 Å². The minimum Gasteiger partial charge on any atom is -0.472 e. The van der Waals surface area contributed by atoms with E-state index in [9.17, 15) is 4.79 Å². The number of nitrogens with zero attached hydrogens (tertiary/aromatic N) is 1. The topological polar surface area (TPSA) is 69.1 Å². The Morgan fingerprint density at radius 3 is 2.93 bits per heavy atom. The van der Waals surface area contributed by atoms with Gasteiger partial charge in [-0.2, -0.15) is 0 Å². The normalized spacial score (nSPS) is 10.0. The molecule has 70 valence electrons. The summed E-state index contributed by atoms with van der Waals surface area (Å²) >= 11 is 0. The lowest BCUT2D eigenvalue weighted by atomic mass is 10.1. The number of hydrogen-bond donors (Lipinski definition) is 1. The van der Waals surface area contributed by atoms with E-state index in [0.717, 1.165) is 0 Å². The third-order valence-corrected chi connectivity index (χ3v) is 1.87. The van der Waals surface area contributed by atoms with E-state index in [2.05, 4.69) is 4.98 Å². The Labute approximate surface area is 80.4 Å². The molecule has 0 aliphatic carbocycles. The number of aromatic nitrogens is 1. The molecule has 0 radical (unpaired) electrons. The minimum atomic E-state index is -0.177. The first-order valence-electron chi connectivity index (χ1n) is 4.06. The minimum absolute atomic E-state index is 0.177. The van der Waals surface area contributed by atoms with Gasteiger partial charge < -0.3 is 10.2 Å². The predicted molar refractivity (Wildman–Crippen MR) is 50.8 cm³/mol. The number of ketones is 1. The van der Waals surface area contributed by atoms with E-state index >= 15 is 0 Å². The van der Waals surface area contributed by atoms with Crippen molar-refractivity contribution >= 4 is 11.6 Å². The standard InChI is InChI=1S/C10H8N2O2/c11-10-8(2-1-4-12-10)9(13)7-3-5-14-6-7/h1-6H,(H2,11,12). The summed E-state index contributed by atoms with van der Waals surface area (Å²) in [4.78, 5) is 15.6. The lowest BCUT2D eigenvalue weighted by Crippen LogP contribution is -2.05. The molecule has 0 fully saturated rings. The number of anilines is 1. The van der Waals surface area contributed by atoms with E-state index in [-0.39, 0.29) is 11.6 Å². The fourth-order valence-electron chi connectivity index (χ4n) is 1.16. The highest BCUT2D eigenvalue weighted by Gasteiger charge is 2.13. The van der Waals surface area contributed by atoms with Crippen LogP contribution in [-0.2, 0) is 0 Å². The van der Waals surface area contributed by atoms with Crippen molar-refractivity contribution in [2.75, 3.05) is 5.73 Å². The van der Waals surface area contributed by atoms with Gasteiger partial charge in [-0.1, -0.05) is 0 Å². The quantitative estimate of drug-likeness (QED) is 0.725. The smallest absolute Gasteiger partial charge is 0.199 e. The first kappa shape index (κ1) is 8.50. The van der Waals surface area contributed by atoms with Gasteiger partial charge in [0.25, 0.3) is 0 Å². The average molecular weight is 188 g/mol. The Kier molecular flexibility index (Phi) is 2.02. The first-order chi connectivity index (χ1) is 6.79. The summed E-state index contributed by atoms with van der Waals surface area (Å²) < 4.78 is 4.81. The van der Waals surface area contributed by atoms with Crippen LogP contribution < -0.4 is 5.73 Å². The molecule has 4 nitrogen and oxygen atoms in total. The van der Waals surface area contributed by atoms with Crippen LogP contribution in [0.1, 0.15) is 15.9 Å². The SMILES string of the molecule is Nc1ncccc1C(=O)c1ccoc1. The summed E-state index contributed by atoms with van der Waals surface area (Å²) in [6, 6.07) is 4.90. The molecular weight excluding hydrogens is 180 g/mol. The molecule has 2 rings (SSSR count). The van der Waals surface area contributed by atoms with Crippen LogP contribution in [0.15, 0.2) is 41.3 Å². The van der Waals surface area contributed by atoms with E-state index < -0.39 is 0 Å². The van der Waals surface area contributed by atoms with Crippen molar-refractivity contribution in [2.45, 2.75) is 0 Å². The van der Waals surface area contributed by atoms with E-state index in [4.69, 9.17) is 10.2 Å². The van der Waals surface area contributed by atoms with Crippen LogP contribution in [0.3, 0.4) is 0 Å². The fourth-order valence-corrected chi connectivity index (χ4v) is 1.16. The second-order valence-corrected chi connectivity index (χ2v) is 2.78. The Morgan fingerprint density at radius 2 is 2.29 bits per heavy atom. The van der Waals surface area contributed by atoms with Crippen LogP contribution in [0.5, 0.6) is 0 Å². The van der Waals surface area contributed by atoms with Crippen molar-refractivity contribution in [3.8, 4) is 0 Å². The van der Waals surface area contributed by atoms with Crippen molar-refractivity contribution < 1.29 is 9.21 Å². The first-order valence-corrected chi connectivity index (χ1v) is 4.06. The summed E-state index contributed by atoms with van der Waals surface area (Å²) in [5.74, 6) is 0.0584. The van der Waals surface area contributed by atoms with Crippen LogP contribution in [-0.4, -0.2) is 10.8 Å². The summed E-state index contributed by atoms with van der Waals surface area (Å²) in [6.07, 6.45) is 4.37. The van der Waals surface area contributed by atoms with Crippen molar-refractivity contribution in [2.24, 2.45) is 0 Å². The summed E-state index contributed by atoms with van der Waals surface area (Å²) in [5, 5.41) is 0. The maximum Gasteiger partial charge on any atom is 0.199 e.